The zero-order chi connectivity index (χ0) is 14.0. The number of anilines is 1. The van der Waals surface area contributed by atoms with E-state index >= 15 is 0 Å². The molecule has 0 spiro atoms. The molecule has 19 heavy (non-hydrogen) atoms. The van der Waals surface area contributed by atoms with E-state index in [1.807, 2.05) is 0 Å². The SMILES string of the molecule is Nc1cc(C(=O)NC2CC2)ccc1OCC(F)(F)F. The van der Waals surface area contributed by atoms with Crippen LogP contribution in [0.25, 0.3) is 0 Å². The number of nitrogens with one attached hydrogen (secondary N) is 1. The van der Waals surface area contributed by atoms with Crippen molar-refractivity contribution in [1.29, 1.82) is 0 Å². The molecule has 0 aromatic heterocycles. The third-order valence-electron chi connectivity index (χ3n) is 2.58. The lowest BCUT2D eigenvalue weighted by Crippen LogP contribution is -2.25. The van der Waals surface area contributed by atoms with Crippen molar-refractivity contribution >= 4 is 11.6 Å². The number of ether oxygens (including phenoxy) is 1. The number of hydrogen-bond acceptors (Lipinski definition) is 3. The van der Waals surface area contributed by atoms with Crippen molar-refractivity contribution < 1.29 is 22.7 Å². The van der Waals surface area contributed by atoms with Crippen LogP contribution < -0.4 is 15.8 Å². The maximum absolute atomic E-state index is 12.0. The van der Waals surface area contributed by atoms with Gasteiger partial charge in [-0.1, -0.05) is 0 Å². The van der Waals surface area contributed by atoms with Crippen LogP contribution in [0.1, 0.15) is 23.2 Å². The van der Waals surface area contributed by atoms with E-state index in [0.717, 1.165) is 12.8 Å². The van der Waals surface area contributed by atoms with Gasteiger partial charge in [-0.15, -0.1) is 0 Å². The fourth-order valence-corrected chi connectivity index (χ4v) is 1.48. The highest BCUT2D eigenvalue weighted by Crippen LogP contribution is 2.26. The van der Waals surface area contributed by atoms with Gasteiger partial charge in [0.15, 0.2) is 6.61 Å². The van der Waals surface area contributed by atoms with Gasteiger partial charge in [0, 0.05) is 11.6 Å². The van der Waals surface area contributed by atoms with Crippen molar-refractivity contribution in [1.82, 2.24) is 5.32 Å². The Bertz CT molecular complexity index is 484. The van der Waals surface area contributed by atoms with E-state index < -0.39 is 12.8 Å². The lowest BCUT2D eigenvalue weighted by molar-refractivity contribution is -0.153. The number of nitrogen functional groups attached to an aromatic ring is 1. The first kappa shape index (κ1) is 13.5. The molecule has 0 radical (unpaired) electrons. The Morgan fingerprint density at radius 1 is 1.42 bits per heavy atom. The molecular weight excluding hydrogens is 261 g/mol. The highest BCUT2D eigenvalue weighted by atomic mass is 19.4. The van der Waals surface area contributed by atoms with E-state index in [4.69, 9.17) is 5.73 Å². The van der Waals surface area contributed by atoms with Gasteiger partial charge in [-0.2, -0.15) is 13.2 Å². The third kappa shape index (κ3) is 4.04. The van der Waals surface area contributed by atoms with Gasteiger partial charge in [0.25, 0.3) is 5.91 Å². The molecule has 104 valence electrons. The number of nitrogens with two attached hydrogens (primary N) is 1. The lowest BCUT2D eigenvalue weighted by Gasteiger charge is -2.12. The molecule has 1 aliphatic carbocycles. The van der Waals surface area contributed by atoms with Crippen molar-refractivity contribution in [3.8, 4) is 5.75 Å². The highest BCUT2D eigenvalue weighted by Gasteiger charge is 2.29. The minimum Gasteiger partial charge on any atom is -0.482 e. The van der Waals surface area contributed by atoms with Crippen LogP contribution in [0, 0.1) is 0 Å². The summed E-state index contributed by atoms with van der Waals surface area (Å²) in [5.41, 5.74) is 5.88. The summed E-state index contributed by atoms with van der Waals surface area (Å²) in [6, 6.07) is 4.17. The number of alkyl halides is 3. The molecule has 4 nitrogen and oxygen atoms in total. The van der Waals surface area contributed by atoms with E-state index in [1.165, 1.54) is 18.2 Å². The number of hydrogen-bond donors (Lipinski definition) is 2. The van der Waals surface area contributed by atoms with Gasteiger partial charge in [0.05, 0.1) is 5.69 Å². The molecule has 0 heterocycles. The molecule has 1 amide bonds. The molecular formula is C12H13F3N2O2. The number of amides is 1. The zero-order valence-electron chi connectivity index (χ0n) is 9.96. The molecule has 1 aromatic carbocycles. The molecule has 0 atom stereocenters. The Morgan fingerprint density at radius 3 is 2.63 bits per heavy atom. The quantitative estimate of drug-likeness (QED) is 0.826. The summed E-state index contributed by atoms with van der Waals surface area (Å²) >= 11 is 0. The first-order valence-electron chi connectivity index (χ1n) is 5.75. The summed E-state index contributed by atoms with van der Waals surface area (Å²) in [5, 5.41) is 2.76. The minimum absolute atomic E-state index is 0.00713. The van der Waals surface area contributed by atoms with Crippen LogP contribution in [0.3, 0.4) is 0 Å². The number of halogens is 3. The molecule has 0 bridgehead atoms. The topological polar surface area (TPSA) is 64.4 Å². The van der Waals surface area contributed by atoms with Gasteiger partial charge in [-0.25, -0.2) is 0 Å². The van der Waals surface area contributed by atoms with Crippen LogP contribution in [0.4, 0.5) is 18.9 Å². The highest BCUT2D eigenvalue weighted by molar-refractivity contribution is 5.95. The van der Waals surface area contributed by atoms with Crippen molar-refractivity contribution in [2.45, 2.75) is 25.1 Å². The maximum atomic E-state index is 12.0. The predicted octanol–water partition coefficient (Wildman–Crippen LogP) is 2.10. The summed E-state index contributed by atoms with van der Waals surface area (Å²) < 4.78 is 40.6. The Balaban J connectivity index is 2.01. The second kappa shape index (κ2) is 4.99. The van der Waals surface area contributed by atoms with Crippen LogP contribution >= 0.6 is 0 Å². The average Bonchev–Trinajstić information content (AvgIpc) is 3.10. The molecule has 2 rings (SSSR count). The van der Waals surface area contributed by atoms with Gasteiger partial charge < -0.3 is 15.8 Å². The molecule has 0 unspecified atom stereocenters. The van der Waals surface area contributed by atoms with Crippen molar-refractivity contribution in [3.63, 3.8) is 0 Å². The molecule has 1 saturated carbocycles. The summed E-state index contributed by atoms with van der Waals surface area (Å²) in [6.45, 7) is -1.41. The summed E-state index contributed by atoms with van der Waals surface area (Å²) in [5.74, 6) is -0.364. The molecule has 1 fully saturated rings. The van der Waals surface area contributed by atoms with Gasteiger partial charge in [0.2, 0.25) is 0 Å². The normalized spacial score (nSPS) is 15.1. The second-order valence-electron chi connectivity index (χ2n) is 4.40. The molecule has 1 aromatic rings. The van der Waals surface area contributed by atoms with Crippen molar-refractivity contribution in [2.24, 2.45) is 0 Å². The van der Waals surface area contributed by atoms with Crippen LogP contribution in [0.15, 0.2) is 18.2 Å². The first-order chi connectivity index (χ1) is 8.85. The first-order valence-corrected chi connectivity index (χ1v) is 5.75. The number of carbonyl (C=O) groups is 1. The Kier molecular flexibility index (Phi) is 3.55. The van der Waals surface area contributed by atoms with Crippen molar-refractivity contribution in [3.05, 3.63) is 23.8 Å². The molecule has 7 heteroatoms. The van der Waals surface area contributed by atoms with E-state index in [0.29, 0.717) is 5.56 Å². The van der Waals surface area contributed by atoms with Crippen molar-refractivity contribution in [2.75, 3.05) is 12.3 Å². The summed E-state index contributed by atoms with van der Waals surface area (Å²) in [7, 11) is 0. The molecule has 3 N–H and O–H groups in total. The van der Waals surface area contributed by atoms with Gasteiger partial charge in [-0.05, 0) is 31.0 Å². The average molecular weight is 274 g/mol. The van der Waals surface area contributed by atoms with Crippen LogP contribution in [0.2, 0.25) is 0 Å². The van der Waals surface area contributed by atoms with E-state index in [1.54, 1.807) is 0 Å². The summed E-state index contributed by atoms with van der Waals surface area (Å²) in [4.78, 5) is 11.7. The largest absolute Gasteiger partial charge is 0.482 e. The molecule has 0 saturated heterocycles. The second-order valence-corrected chi connectivity index (χ2v) is 4.40. The fourth-order valence-electron chi connectivity index (χ4n) is 1.48. The van der Waals surface area contributed by atoms with E-state index in [-0.39, 0.29) is 23.4 Å². The minimum atomic E-state index is -4.42. The van der Waals surface area contributed by atoms with Gasteiger partial charge in [-0.3, -0.25) is 4.79 Å². The predicted molar refractivity (Wildman–Crippen MR) is 62.9 cm³/mol. The Morgan fingerprint density at radius 2 is 2.11 bits per heavy atom. The standard InChI is InChI=1S/C12H13F3N2O2/c13-12(14,15)6-19-10-4-1-7(5-9(10)16)11(18)17-8-2-3-8/h1,4-5,8H,2-3,6,16H2,(H,17,18). The fraction of sp³-hybridized carbons (Fsp3) is 0.417. The van der Waals surface area contributed by atoms with Gasteiger partial charge in [0.1, 0.15) is 5.75 Å². The van der Waals surface area contributed by atoms with Crippen LogP contribution in [0.5, 0.6) is 5.75 Å². The third-order valence-corrected chi connectivity index (χ3v) is 2.58. The lowest BCUT2D eigenvalue weighted by atomic mass is 10.1. The monoisotopic (exact) mass is 274 g/mol. The number of rotatable bonds is 4. The number of carbonyl (C=O) groups excluding carboxylic acids is 1. The maximum Gasteiger partial charge on any atom is 0.422 e. The van der Waals surface area contributed by atoms with Gasteiger partial charge >= 0.3 is 6.18 Å². The smallest absolute Gasteiger partial charge is 0.422 e. The molecule has 1 aliphatic rings. The number of benzene rings is 1. The van der Waals surface area contributed by atoms with E-state index in [9.17, 15) is 18.0 Å². The molecule has 0 aliphatic heterocycles. The van der Waals surface area contributed by atoms with E-state index in [2.05, 4.69) is 10.1 Å². The van der Waals surface area contributed by atoms with Crippen LogP contribution in [-0.2, 0) is 0 Å². The zero-order valence-corrected chi connectivity index (χ0v) is 9.96. The Labute approximate surface area is 107 Å². The Hall–Kier alpha value is -1.92. The summed E-state index contributed by atoms with van der Waals surface area (Å²) in [6.07, 6.45) is -2.52. The van der Waals surface area contributed by atoms with Crippen LogP contribution in [-0.4, -0.2) is 24.7 Å².